The second-order valence-corrected chi connectivity index (χ2v) is 7.82. The molecule has 0 aromatic carbocycles. The SMILES string of the molecule is CCC#CO[Si](C)(C)CCCC. The van der Waals surface area contributed by atoms with E-state index in [0.29, 0.717) is 0 Å². The topological polar surface area (TPSA) is 9.23 Å². The van der Waals surface area contributed by atoms with Gasteiger partial charge < -0.3 is 4.43 Å². The van der Waals surface area contributed by atoms with E-state index in [1.54, 1.807) is 0 Å². The van der Waals surface area contributed by atoms with Crippen molar-refractivity contribution in [3.8, 4) is 12.0 Å². The lowest BCUT2D eigenvalue weighted by atomic mass is 10.4. The first kappa shape index (κ1) is 11.6. The Labute approximate surface area is 77.6 Å². The first-order valence-corrected chi connectivity index (χ1v) is 7.89. The van der Waals surface area contributed by atoms with Crippen molar-refractivity contribution >= 4 is 8.32 Å². The fourth-order valence-corrected chi connectivity index (χ4v) is 2.56. The maximum atomic E-state index is 5.55. The zero-order valence-electron chi connectivity index (χ0n) is 8.74. The first-order chi connectivity index (χ1) is 5.62. The Bertz CT molecular complexity index is 164. The van der Waals surface area contributed by atoms with Gasteiger partial charge in [-0.25, -0.2) is 0 Å². The lowest BCUT2D eigenvalue weighted by Crippen LogP contribution is -2.27. The Hall–Kier alpha value is -0.423. The molecule has 0 saturated carbocycles. The molecule has 12 heavy (non-hydrogen) atoms. The van der Waals surface area contributed by atoms with Crippen LogP contribution in [0.15, 0.2) is 0 Å². The zero-order chi connectivity index (χ0) is 9.45. The van der Waals surface area contributed by atoms with Crippen LogP contribution in [-0.4, -0.2) is 8.32 Å². The van der Waals surface area contributed by atoms with Crippen molar-refractivity contribution in [1.82, 2.24) is 0 Å². The molecule has 0 aliphatic rings. The highest BCUT2D eigenvalue weighted by Crippen LogP contribution is 2.14. The van der Waals surface area contributed by atoms with E-state index in [0.717, 1.165) is 6.42 Å². The van der Waals surface area contributed by atoms with Crippen LogP contribution < -0.4 is 0 Å². The molecule has 0 saturated heterocycles. The fraction of sp³-hybridized carbons (Fsp3) is 0.800. The van der Waals surface area contributed by atoms with Crippen LogP contribution in [0.4, 0.5) is 0 Å². The van der Waals surface area contributed by atoms with Crippen LogP contribution in [-0.2, 0) is 4.43 Å². The lowest BCUT2D eigenvalue weighted by molar-refractivity contribution is 0.505. The molecule has 0 aliphatic carbocycles. The van der Waals surface area contributed by atoms with E-state index in [9.17, 15) is 0 Å². The standard InChI is InChI=1S/C10H20OSi/c1-5-7-9-11-12(3,4)10-8-6-2/h5-6,8,10H2,1-4H3. The summed E-state index contributed by atoms with van der Waals surface area (Å²) >= 11 is 0. The average Bonchev–Trinajstić information content (AvgIpc) is 2.01. The molecule has 2 heteroatoms. The maximum Gasteiger partial charge on any atom is 0.258 e. The molecule has 0 atom stereocenters. The van der Waals surface area contributed by atoms with Crippen molar-refractivity contribution in [3.63, 3.8) is 0 Å². The molecule has 0 bridgehead atoms. The van der Waals surface area contributed by atoms with Crippen LogP contribution in [0, 0.1) is 12.0 Å². The molecule has 0 unspecified atom stereocenters. The maximum absolute atomic E-state index is 5.55. The molecular weight excluding hydrogens is 164 g/mol. The number of hydrogen-bond acceptors (Lipinski definition) is 1. The summed E-state index contributed by atoms with van der Waals surface area (Å²) in [5.74, 6) is 2.94. The Balaban J connectivity index is 3.70. The normalized spacial score (nSPS) is 10.3. The Kier molecular flexibility index (Phi) is 5.92. The van der Waals surface area contributed by atoms with E-state index in [2.05, 4.69) is 32.0 Å². The van der Waals surface area contributed by atoms with Crippen LogP contribution in [0.2, 0.25) is 19.1 Å². The van der Waals surface area contributed by atoms with Crippen molar-refractivity contribution in [1.29, 1.82) is 0 Å². The average molecular weight is 184 g/mol. The molecule has 0 aromatic rings. The van der Waals surface area contributed by atoms with E-state index in [1.807, 2.05) is 6.92 Å². The molecule has 0 amide bonds. The molecule has 0 aromatic heterocycles. The summed E-state index contributed by atoms with van der Waals surface area (Å²) in [6.07, 6.45) is 6.20. The Morgan fingerprint density at radius 3 is 2.42 bits per heavy atom. The quantitative estimate of drug-likeness (QED) is 0.481. The van der Waals surface area contributed by atoms with Crippen LogP contribution >= 0.6 is 0 Å². The Morgan fingerprint density at radius 2 is 1.92 bits per heavy atom. The zero-order valence-corrected chi connectivity index (χ0v) is 9.74. The van der Waals surface area contributed by atoms with Gasteiger partial charge >= 0.3 is 0 Å². The predicted molar refractivity (Wildman–Crippen MR) is 56.3 cm³/mol. The van der Waals surface area contributed by atoms with Crippen molar-refractivity contribution in [2.75, 3.05) is 0 Å². The van der Waals surface area contributed by atoms with Gasteiger partial charge in [0.1, 0.15) is 0 Å². The van der Waals surface area contributed by atoms with Gasteiger partial charge in [-0.1, -0.05) is 32.6 Å². The summed E-state index contributed by atoms with van der Waals surface area (Å²) in [7, 11) is -1.44. The summed E-state index contributed by atoms with van der Waals surface area (Å²) in [6.45, 7) is 8.71. The van der Waals surface area contributed by atoms with E-state index < -0.39 is 8.32 Å². The smallest absolute Gasteiger partial charge is 0.258 e. The summed E-state index contributed by atoms with van der Waals surface area (Å²) < 4.78 is 5.55. The first-order valence-electron chi connectivity index (χ1n) is 4.78. The summed E-state index contributed by atoms with van der Waals surface area (Å²) in [6, 6.07) is 1.22. The van der Waals surface area contributed by atoms with Crippen LogP contribution in [0.5, 0.6) is 0 Å². The summed E-state index contributed by atoms with van der Waals surface area (Å²) in [4.78, 5) is 0. The monoisotopic (exact) mass is 184 g/mol. The van der Waals surface area contributed by atoms with E-state index >= 15 is 0 Å². The fourth-order valence-electron chi connectivity index (χ4n) is 0.900. The third-order valence-electron chi connectivity index (χ3n) is 1.71. The third-order valence-corrected chi connectivity index (χ3v) is 3.92. The van der Waals surface area contributed by atoms with Crippen LogP contribution in [0.3, 0.4) is 0 Å². The lowest BCUT2D eigenvalue weighted by Gasteiger charge is -2.18. The molecule has 0 fully saturated rings. The number of rotatable bonds is 4. The highest BCUT2D eigenvalue weighted by molar-refractivity contribution is 6.71. The van der Waals surface area contributed by atoms with Gasteiger partial charge in [0, 0.05) is 6.42 Å². The third kappa shape index (κ3) is 6.30. The van der Waals surface area contributed by atoms with Gasteiger partial charge in [-0.3, -0.25) is 0 Å². The van der Waals surface area contributed by atoms with Gasteiger partial charge in [0.25, 0.3) is 8.32 Å². The minimum Gasteiger partial charge on any atom is -0.501 e. The van der Waals surface area contributed by atoms with E-state index in [1.165, 1.54) is 18.9 Å². The molecule has 1 nitrogen and oxygen atoms in total. The van der Waals surface area contributed by atoms with Crippen molar-refractivity contribution in [3.05, 3.63) is 0 Å². The van der Waals surface area contributed by atoms with Crippen molar-refractivity contribution in [2.24, 2.45) is 0 Å². The highest BCUT2D eigenvalue weighted by atomic mass is 28.4. The largest absolute Gasteiger partial charge is 0.501 e. The van der Waals surface area contributed by atoms with Gasteiger partial charge in [-0.05, 0) is 19.1 Å². The molecule has 0 aliphatic heterocycles. The van der Waals surface area contributed by atoms with Crippen molar-refractivity contribution < 1.29 is 4.43 Å². The molecule has 0 rings (SSSR count). The number of unbranched alkanes of at least 4 members (excludes halogenated alkanes) is 1. The minimum atomic E-state index is -1.44. The van der Waals surface area contributed by atoms with Gasteiger partial charge in [0.05, 0.1) is 6.11 Å². The second kappa shape index (κ2) is 6.13. The van der Waals surface area contributed by atoms with Crippen LogP contribution in [0.1, 0.15) is 33.1 Å². The molecule has 0 heterocycles. The van der Waals surface area contributed by atoms with E-state index in [4.69, 9.17) is 4.43 Å². The minimum absolute atomic E-state index is 0.887. The molecule has 70 valence electrons. The van der Waals surface area contributed by atoms with Gasteiger partial charge in [-0.15, -0.1) is 0 Å². The van der Waals surface area contributed by atoms with Gasteiger partial charge in [0.2, 0.25) is 0 Å². The molecule has 0 spiro atoms. The number of hydrogen-bond donors (Lipinski definition) is 0. The summed E-state index contributed by atoms with van der Waals surface area (Å²) in [5, 5.41) is 0. The van der Waals surface area contributed by atoms with Gasteiger partial charge in [0.15, 0.2) is 0 Å². The van der Waals surface area contributed by atoms with Crippen LogP contribution in [0.25, 0.3) is 0 Å². The van der Waals surface area contributed by atoms with Crippen molar-refractivity contribution in [2.45, 2.75) is 52.2 Å². The second-order valence-electron chi connectivity index (χ2n) is 3.60. The highest BCUT2D eigenvalue weighted by Gasteiger charge is 2.22. The Morgan fingerprint density at radius 1 is 1.25 bits per heavy atom. The summed E-state index contributed by atoms with van der Waals surface area (Å²) in [5.41, 5.74) is 0. The van der Waals surface area contributed by atoms with Gasteiger partial charge in [-0.2, -0.15) is 0 Å². The molecule has 0 N–H and O–H groups in total. The molecule has 0 radical (unpaired) electrons. The van der Waals surface area contributed by atoms with E-state index in [-0.39, 0.29) is 0 Å². The molecular formula is C10H20OSi. The predicted octanol–water partition coefficient (Wildman–Crippen LogP) is 3.38.